The number of rotatable bonds is 6. The lowest BCUT2D eigenvalue weighted by Crippen LogP contribution is -2.48. The maximum atomic E-state index is 12.0. The summed E-state index contributed by atoms with van der Waals surface area (Å²) in [5, 5.41) is 3.09. The second-order valence-electron chi connectivity index (χ2n) is 5.58. The van der Waals surface area contributed by atoms with Crippen LogP contribution in [0.1, 0.15) is 37.7 Å². The lowest BCUT2D eigenvalue weighted by molar-refractivity contribution is -0.123. The van der Waals surface area contributed by atoms with Crippen molar-refractivity contribution in [1.29, 1.82) is 0 Å². The highest BCUT2D eigenvalue weighted by Gasteiger charge is 2.34. The van der Waals surface area contributed by atoms with Crippen LogP contribution in [0.4, 0.5) is 0 Å². The predicted molar refractivity (Wildman–Crippen MR) is 81.4 cm³/mol. The number of alkyl halides is 1. The predicted octanol–water partition coefficient (Wildman–Crippen LogP) is 3.43. The molecule has 1 saturated carbocycles. The molecule has 0 aromatic heterocycles. The molecule has 0 aliphatic heterocycles. The fourth-order valence-corrected chi connectivity index (χ4v) is 3.00. The van der Waals surface area contributed by atoms with Crippen LogP contribution in [0.5, 0.6) is 5.75 Å². The molecule has 0 bridgehead atoms. The van der Waals surface area contributed by atoms with Crippen molar-refractivity contribution < 1.29 is 9.53 Å². The Bertz CT molecular complexity index is 456. The molecular weight excluding hydrogens is 274 g/mol. The van der Waals surface area contributed by atoms with Crippen molar-refractivity contribution in [2.75, 3.05) is 12.5 Å². The van der Waals surface area contributed by atoms with Crippen LogP contribution in [-0.2, 0) is 4.79 Å². The van der Waals surface area contributed by atoms with Crippen molar-refractivity contribution in [2.45, 2.75) is 44.6 Å². The standard InChI is InChI=1S/C16H22ClNO2/c1-13-5-4-6-14(11-13)20-10-7-15(19)18-16(12-17)8-2-3-9-16/h4-6,11H,2-3,7-10,12H2,1H3,(H,18,19). The van der Waals surface area contributed by atoms with Crippen LogP contribution in [0.15, 0.2) is 24.3 Å². The van der Waals surface area contributed by atoms with Gasteiger partial charge in [0.1, 0.15) is 5.75 Å². The van der Waals surface area contributed by atoms with E-state index in [0.29, 0.717) is 18.9 Å². The Labute approximate surface area is 125 Å². The maximum absolute atomic E-state index is 12.0. The zero-order valence-corrected chi connectivity index (χ0v) is 12.7. The Morgan fingerprint density at radius 1 is 1.40 bits per heavy atom. The summed E-state index contributed by atoms with van der Waals surface area (Å²) in [5.41, 5.74) is 0.973. The first-order valence-corrected chi connectivity index (χ1v) is 7.73. The number of carbonyl (C=O) groups excluding carboxylic acids is 1. The Hall–Kier alpha value is -1.22. The lowest BCUT2D eigenvalue weighted by Gasteiger charge is -2.27. The van der Waals surface area contributed by atoms with Gasteiger partial charge in [-0.15, -0.1) is 11.6 Å². The van der Waals surface area contributed by atoms with E-state index < -0.39 is 0 Å². The number of carbonyl (C=O) groups is 1. The molecule has 1 N–H and O–H groups in total. The molecule has 1 fully saturated rings. The summed E-state index contributed by atoms with van der Waals surface area (Å²) >= 11 is 6.01. The molecule has 1 aliphatic rings. The third-order valence-electron chi connectivity index (χ3n) is 3.81. The smallest absolute Gasteiger partial charge is 0.223 e. The molecule has 1 amide bonds. The molecule has 0 unspecified atom stereocenters. The Balaban J connectivity index is 1.75. The van der Waals surface area contributed by atoms with Crippen molar-refractivity contribution in [3.63, 3.8) is 0 Å². The Morgan fingerprint density at radius 3 is 2.80 bits per heavy atom. The third kappa shape index (κ3) is 4.14. The van der Waals surface area contributed by atoms with Gasteiger partial charge in [0, 0.05) is 5.88 Å². The SMILES string of the molecule is Cc1cccc(OCCC(=O)NC2(CCl)CCCC2)c1. The van der Waals surface area contributed by atoms with Gasteiger partial charge in [0.15, 0.2) is 0 Å². The molecule has 0 atom stereocenters. The number of amides is 1. The first kappa shape index (κ1) is 15.2. The first-order valence-electron chi connectivity index (χ1n) is 7.20. The second-order valence-corrected chi connectivity index (χ2v) is 5.85. The van der Waals surface area contributed by atoms with Crippen molar-refractivity contribution >= 4 is 17.5 Å². The number of benzene rings is 1. The third-order valence-corrected chi connectivity index (χ3v) is 4.32. The fourth-order valence-electron chi connectivity index (χ4n) is 2.67. The van der Waals surface area contributed by atoms with Crippen LogP contribution >= 0.6 is 11.6 Å². The summed E-state index contributed by atoms with van der Waals surface area (Å²) in [5.74, 6) is 1.34. The molecule has 1 aromatic carbocycles. The Morgan fingerprint density at radius 2 is 2.15 bits per heavy atom. The highest BCUT2D eigenvalue weighted by Crippen LogP contribution is 2.30. The van der Waals surface area contributed by atoms with Crippen molar-refractivity contribution in [3.8, 4) is 5.75 Å². The van der Waals surface area contributed by atoms with Gasteiger partial charge in [-0.1, -0.05) is 25.0 Å². The molecule has 3 nitrogen and oxygen atoms in total. The van der Waals surface area contributed by atoms with Gasteiger partial charge in [-0.3, -0.25) is 4.79 Å². The zero-order chi connectivity index (χ0) is 14.4. The number of ether oxygens (including phenoxy) is 1. The van der Waals surface area contributed by atoms with Gasteiger partial charge in [0.25, 0.3) is 0 Å². The Kier molecular flexibility index (Phi) is 5.30. The molecule has 4 heteroatoms. The maximum Gasteiger partial charge on any atom is 0.223 e. The lowest BCUT2D eigenvalue weighted by atomic mass is 10.0. The first-order chi connectivity index (χ1) is 9.63. The van der Waals surface area contributed by atoms with Gasteiger partial charge in [0.2, 0.25) is 5.91 Å². The molecule has 0 saturated heterocycles. The number of hydrogen-bond acceptors (Lipinski definition) is 2. The van der Waals surface area contributed by atoms with E-state index in [1.807, 2.05) is 31.2 Å². The zero-order valence-electron chi connectivity index (χ0n) is 12.0. The van der Waals surface area contributed by atoms with E-state index in [1.165, 1.54) is 0 Å². The average Bonchev–Trinajstić information content (AvgIpc) is 2.88. The highest BCUT2D eigenvalue weighted by atomic mass is 35.5. The molecule has 20 heavy (non-hydrogen) atoms. The van der Waals surface area contributed by atoms with Gasteiger partial charge < -0.3 is 10.1 Å². The summed E-state index contributed by atoms with van der Waals surface area (Å²) in [7, 11) is 0. The fraction of sp³-hybridized carbons (Fsp3) is 0.562. The van der Waals surface area contributed by atoms with E-state index >= 15 is 0 Å². The molecule has 0 radical (unpaired) electrons. The molecule has 1 aliphatic carbocycles. The quantitative estimate of drug-likeness (QED) is 0.817. The van der Waals surface area contributed by atoms with Gasteiger partial charge in [-0.25, -0.2) is 0 Å². The number of halogens is 1. The summed E-state index contributed by atoms with van der Waals surface area (Å²) in [6, 6.07) is 7.84. The largest absolute Gasteiger partial charge is 0.493 e. The summed E-state index contributed by atoms with van der Waals surface area (Å²) in [6.45, 7) is 2.41. The number of hydrogen-bond donors (Lipinski definition) is 1. The van der Waals surface area contributed by atoms with Crippen molar-refractivity contribution in [3.05, 3.63) is 29.8 Å². The van der Waals surface area contributed by atoms with Crippen molar-refractivity contribution in [1.82, 2.24) is 5.32 Å². The van der Waals surface area contributed by atoms with E-state index in [2.05, 4.69) is 5.32 Å². The average molecular weight is 296 g/mol. The van der Waals surface area contributed by atoms with E-state index in [9.17, 15) is 4.79 Å². The van der Waals surface area contributed by atoms with Gasteiger partial charge in [-0.05, 0) is 37.5 Å². The van der Waals surface area contributed by atoms with E-state index in [4.69, 9.17) is 16.3 Å². The van der Waals surface area contributed by atoms with Crippen LogP contribution in [0.25, 0.3) is 0 Å². The topological polar surface area (TPSA) is 38.3 Å². The van der Waals surface area contributed by atoms with Gasteiger partial charge >= 0.3 is 0 Å². The molecule has 1 aromatic rings. The highest BCUT2D eigenvalue weighted by molar-refractivity contribution is 6.18. The minimum absolute atomic E-state index is 0.0280. The van der Waals surface area contributed by atoms with Gasteiger partial charge in [-0.2, -0.15) is 0 Å². The normalized spacial score (nSPS) is 16.9. The number of aryl methyl sites for hydroxylation is 1. The molecular formula is C16H22ClNO2. The number of nitrogens with one attached hydrogen (secondary N) is 1. The van der Waals surface area contributed by atoms with E-state index in [0.717, 1.165) is 37.0 Å². The van der Waals surface area contributed by atoms with Crippen LogP contribution in [0.3, 0.4) is 0 Å². The second kappa shape index (κ2) is 6.98. The summed E-state index contributed by atoms with van der Waals surface area (Å²) < 4.78 is 5.59. The van der Waals surface area contributed by atoms with Crippen LogP contribution in [0, 0.1) is 6.92 Å². The minimum Gasteiger partial charge on any atom is -0.493 e. The van der Waals surface area contributed by atoms with Crippen LogP contribution in [-0.4, -0.2) is 23.9 Å². The monoisotopic (exact) mass is 295 g/mol. The van der Waals surface area contributed by atoms with Gasteiger partial charge in [0.05, 0.1) is 18.6 Å². The minimum atomic E-state index is -0.179. The summed E-state index contributed by atoms with van der Waals surface area (Å²) in [6.07, 6.45) is 4.63. The molecule has 0 spiro atoms. The van der Waals surface area contributed by atoms with Crippen LogP contribution in [0.2, 0.25) is 0 Å². The van der Waals surface area contributed by atoms with Crippen molar-refractivity contribution in [2.24, 2.45) is 0 Å². The molecule has 110 valence electrons. The van der Waals surface area contributed by atoms with E-state index in [1.54, 1.807) is 0 Å². The molecule has 2 rings (SSSR count). The summed E-state index contributed by atoms with van der Waals surface area (Å²) in [4.78, 5) is 12.0. The van der Waals surface area contributed by atoms with Crippen LogP contribution < -0.4 is 10.1 Å². The van der Waals surface area contributed by atoms with E-state index in [-0.39, 0.29) is 11.4 Å². The molecule has 0 heterocycles.